The molecule has 0 saturated carbocycles. The van der Waals surface area contributed by atoms with Crippen LogP contribution in [0.15, 0.2) is 212 Å². The summed E-state index contributed by atoms with van der Waals surface area (Å²) in [5, 5.41) is 7.12. The summed E-state index contributed by atoms with van der Waals surface area (Å²) in [7, 11) is 0. The molecule has 1 aliphatic carbocycles. The van der Waals surface area contributed by atoms with Gasteiger partial charge in [-0.05, 0) is 80.6 Å². The lowest BCUT2D eigenvalue weighted by molar-refractivity contribution is 0.447. The van der Waals surface area contributed by atoms with Gasteiger partial charge in [0.25, 0.3) is 0 Å². The molecule has 0 N–H and O–H groups in total. The van der Waals surface area contributed by atoms with Gasteiger partial charge in [-0.25, -0.2) is 0 Å². The lowest BCUT2D eigenvalue weighted by Gasteiger charge is -2.40. The number of benzene rings is 10. The third-order valence-corrected chi connectivity index (χ3v) is 14.1. The van der Waals surface area contributed by atoms with Gasteiger partial charge in [0.05, 0.1) is 15.8 Å². The zero-order valence-electron chi connectivity index (χ0n) is 32.5. The molecule has 0 fully saturated rings. The normalized spacial score (nSPS) is 13.3. The number of nitrogens with zero attached hydrogens (tertiary/aromatic N) is 1. The number of fused-ring (bicyclic) bond motifs is 16. The summed E-state index contributed by atoms with van der Waals surface area (Å²) in [6, 6.07) is 78.0. The van der Waals surface area contributed by atoms with Crippen molar-refractivity contribution in [1.29, 1.82) is 0 Å². The topological polar surface area (TPSA) is 12.5 Å². The molecule has 0 radical (unpaired) electrons. The van der Waals surface area contributed by atoms with E-state index in [4.69, 9.17) is 4.74 Å². The second kappa shape index (κ2) is 12.8. The largest absolute Gasteiger partial charge is 0.455 e. The van der Waals surface area contributed by atoms with E-state index in [2.05, 4.69) is 217 Å². The Labute approximate surface area is 351 Å². The molecule has 60 heavy (non-hydrogen) atoms. The highest BCUT2D eigenvalue weighted by molar-refractivity contribution is 7.26. The minimum absolute atomic E-state index is 0.647. The number of thiophene rings is 1. The van der Waals surface area contributed by atoms with E-state index in [1.807, 2.05) is 11.3 Å². The Morgan fingerprint density at radius 2 is 0.967 bits per heavy atom. The summed E-state index contributed by atoms with van der Waals surface area (Å²) >= 11 is 1.87. The van der Waals surface area contributed by atoms with Gasteiger partial charge in [-0.2, -0.15) is 0 Å². The Kier molecular flexibility index (Phi) is 7.13. The van der Waals surface area contributed by atoms with Crippen molar-refractivity contribution < 1.29 is 4.74 Å². The second-order valence-corrected chi connectivity index (χ2v) is 17.0. The van der Waals surface area contributed by atoms with E-state index in [1.165, 1.54) is 53.6 Å². The van der Waals surface area contributed by atoms with Crippen molar-refractivity contribution in [3.63, 3.8) is 0 Å². The van der Waals surface area contributed by atoms with Crippen LogP contribution in [0.3, 0.4) is 0 Å². The van der Waals surface area contributed by atoms with Gasteiger partial charge in [-0.1, -0.05) is 176 Å². The van der Waals surface area contributed by atoms with Gasteiger partial charge in [0.2, 0.25) is 0 Å². The first-order valence-corrected chi connectivity index (χ1v) is 21.4. The van der Waals surface area contributed by atoms with Gasteiger partial charge in [0, 0.05) is 48.7 Å². The molecule has 0 unspecified atom stereocenters. The molecule has 1 aliphatic heterocycles. The lowest BCUT2D eigenvalue weighted by Crippen LogP contribution is -2.32. The molecule has 0 amide bonds. The molecule has 2 nitrogen and oxygen atoms in total. The molecule has 0 bridgehead atoms. The summed E-state index contributed by atoms with van der Waals surface area (Å²) < 4.78 is 9.81. The minimum atomic E-state index is -0.647. The average molecular weight is 782 g/mol. The molecule has 11 aromatic rings. The van der Waals surface area contributed by atoms with Gasteiger partial charge in [0.15, 0.2) is 0 Å². The molecule has 0 atom stereocenters. The fraction of sp³-hybridized carbons (Fsp3) is 0.0175. The summed E-state index contributed by atoms with van der Waals surface area (Å²) in [4.78, 5) is 2.48. The monoisotopic (exact) mass is 781 g/mol. The maximum atomic E-state index is 7.25. The molecular weight excluding hydrogens is 747 g/mol. The van der Waals surface area contributed by atoms with Crippen LogP contribution >= 0.6 is 11.3 Å². The van der Waals surface area contributed by atoms with Crippen LogP contribution in [0.4, 0.5) is 17.1 Å². The third-order valence-electron chi connectivity index (χ3n) is 12.9. The highest BCUT2D eigenvalue weighted by Gasteiger charge is 2.52. The van der Waals surface area contributed by atoms with E-state index in [0.29, 0.717) is 0 Å². The molecule has 280 valence electrons. The minimum Gasteiger partial charge on any atom is -0.455 e. The predicted octanol–water partition coefficient (Wildman–Crippen LogP) is 16.0. The van der Waals surface area contributed by atoms with Crippen molar-refractivity contribution in [3.8, 4) is 33.8 Å². The molecule has 1 spiro atoms. The van der Waals surface area contributed by atoms with Crippen LogP contribution in [0.25, 0.3) is 64.0 Å². The van der Waals surface area contributed by atoms with E-state index >= 15 is 0 Å². The maximum absolute atomic E-state index is 7.25. The molecule has 3 heteroatoms. The Balaban J connectivity index is 1.12. The van der Waals surface area contributed by atoms with Gasteiger partial charge >= 0.3 is 0 Å². The van der Waals surface area contributed by atoms with Crippen LogP contribution in [0.1, 0.15) is 22.3 Å². The Morgan fingerprint density at radius 3 is 1.72 bits per heavy atom. The zero-order chi connectivity index (χ0) is 39.4. The lowest BCUT2D eigenvalue weighted by atomic mass is 9.65. The van der Waals surface area contributed by atoms with E-state index < -0.39 is 5.41 Å². The first-order chi connectivity index (χ1) is 29.8. The molecule has 0 saturated heterocycles. The van der Waals surface area contributed by atoms with Crippen LogP contribution in [0.5, 0.6) is 11.5 Å². The quantitative estimate of drug-likeness (QED) is 0.176. The first kappa shape index (κ1) is 33.5. The highest BCUT2D eigenvalue weighted by atomic mass is 32.1. The van der Waals surface area contributed by atoms with Crippen molar-refractivity contribution in [2.75, 3.05) is 4.90 Å². The van der Waals surface area contributed by atoms with E-state index in [-0.39, 0.29) is 0 Å². The Hall–Kier alpha value is -7.46. The van der Waals surface area contributed by atoms with Crippen LogP contribution in [-0.4, -0.2) is 0 Å². The zero-order valence-corrected chi connectivity index (χ0v) is 33.3. The standard InChI is InChI=1S/C57H35NOS/c1-2-13-36(14-3-1)37-25-29-40(30-26-37)58(52-23-12-21-47-46-20-9-11-24-53(46)60-56(47)52)41-31-32-45-44-19-8-10-22-48(44)57(51(45)35-41)49-33-27-38-15-4-6-17-42(38)54(49)59-55-43-18-7-5-16-39(43)28-34-50(55)57/h1-35H. The Bertz CT molecular complexity index is 3440. The highest BCUT2D eigenvalue weighted by Crippen LogP contribution is 2.64. The van der Waals surface area contributed by atoms with Crippen molar-refractivity contribution >= 4 is 70.1 Å². The van der Waals surface area contributed by atoms with Crippen molar-refractivity contribution in [3.05, 3.63) is 235 Å². The number of rotatable bonds is 4. The summed E-state index contributed by atoms with van der Waals surface area (Å²) in [6.07, 6.45) is 0. The number of ether oxygens (including phenoxy) is 1. The average Bonchev–Trinajstić information content (AvgIpc) is 3.84. The molecule has 13 rings (SSSR count). The summed E-state index contributed by atoms with van der Waals surface area (Å²) in [5.74, 6) is 1.85. The number of anilines is 3. The third kappa shape index (κ3) is 4.64. The van der Waals surface area contributed by atoms with Crippen molar-refractivity contribution in [2.24, 2.45) is 0 Å². The number of hydrogen-bond acceptors (Lipinski definition) is 3. The van der Waals surface area contributed by atoms with Crippen LogP contribution in [-0.2, 0) is 5.41 Å². The van der Waals surface area contributed by atoms with Crippen LogP contribution in [0.2, 0.25) is 0 Å². The summed E-state index contributed by atoms with van der Waals surface area (Å²) in [5.41, 5.74) is 12.5. The van der Waals surface area contributed by atoms with Gasteiger partial charge in [-0.15, -0.1) is 11.3 Å². The second-order valence-electron chi connectivity index (χ2n) is 16.0. The fourth-order valence-electron chi connectivity index (χ4n) is 10.3. The fourth-order valence-corrected chi connectivity index (χ4v) is 11.5. The van der Waals surface area contributed by atoms with Crippen molar-refractivity contribution in [2.45, 2.75) is 5.41 Å². The smallest absolute Gasteiger partial charge is 0.140 e. The van der Waals surface area contributed by atoms with E-state index in [1.54, 1.807) is 0 Å². The predicted molar refractivity (Wildman–Crippen MR) is 252 cm³/mol. The first-order valence-electron chi connectivity index (χ1n) is 20.6. The molecule has 10 aromatic carbocycles. The SMILES string of the molecule is c1ccc(-c2ccc(N(c3ccc4c(c3)C3(c5ccccc5-4)c4ccc5ccccc5c4Oc4c3ccc3ccccc43)c3cccc4c3sc3ccccc34)cc2)cc1. The summed E-state index contributed by atoms with van der Waals surface area (Å²) in [6.45, 7) is 0. The Morgan fingerprint density at radius 1 is 0.383 bits per heavy atom. The van der Waals surface area contributed by atoms with Crippen LogP contribution in [0, 0.1) is 0 Å². The van der Waals surface area contributed by atoms with E-state index in [9.17, 15) is 0 Å². The molecule has 1 aromatic heterocycles. The van der Waals surface area contributed by atoms with Gasteiger partial charge in [-0.3, -0.25) is 0 Å². The molecular formula is C57H35NOS. The molecule has 2 aliphatic rings. The van der Waals surface area contributed by atoms with Crippen LogP contribution < -0.4 is 9.64 Å². The van der Waals surface area contributed by atoms with Gasteiger partial charge < -0.3 is 9.64 Å². The van der Waals surface area contributed by atoms with E-state index in [0.717, 1.165) is 61.2 Å². The van der Waals surface area contributed by atoms with Crippen molar-refractivity contribution in [1.82, 2.24) is 0 Å². The molecule has 2 heterocycles. The number of hydrogen-bond donors (Lipinski definition) is 0. The van der Waals surface area contributed by atoms with Gasteiger partial charge in [0.1, 0.15) is 11.5 Å². The maximum Gasteiger partial charge on any atom is 0.140 e.